The van der Waals surface area contributed by atoms with Crippen LogP contribution in [0.5, 0.6) is 0 Å². The molecule has 284 valence electrons. The maximum Gasteiger partial charge on any atom is 0.245 e. The maximum absolute atomic E-state index is 14.5. The molecule has 1 aliphatic carbocycles. The van der Waals surface area contributed by atoms with Crippen molar-refractivity contribution in [2.75, 3.05) is 20.1 Å². The molecule has 12 N–H and O–H groups in total. The molecule has 5 rings (SSSR count). The van der Waals surface area contributed by atoms with Crippen molar-refractivity contribution in [1.29, 1.82) is 0 Å². The number of pyridine rings is 1. The number of amides is 3. The number of carbonyl (C=O) groups excluding carboxylic acids is 3. The number of aromatic nitrogens is 1. The summed E-state index contributed by atoms with van der Waals surface area (Å²) in [6.07, 6.45) is 14.9. The van der Waals surface area contributed by atoms with Crippen LogP contribution in [-0.4, -0.2) is 77.7 Å². The lowest BCUT2D eigenvalue weighted by molar-refractivity contribution is -0.142. The molecule has 3 heterocycles. The number of nitrogens with one attached hydrogen (secondary N) is 4. The summed E-state index contributed by atoms with van der Waals surface area (Å²) in [4.78, 5) is 50.0. The van der Waals surface area contributed by atoms with E-state index in [-0.39, 0.29) is 48.5 Å². The van der Waals surface area contributed by atoms with Crippen LogP contribution >= 0.6 is 11.8 Å². The van der Waals surface area contributed by atoms with E-state index in [1.807, 2.05) is 49.5 Å². The summed E-state index contributed by atoms with van der Waals surface area (Å²) >= 11 is 1.47. The Bertz CT molecular complexity index is 1760. The largest absolute Gasteiger partial charge is 0.384 e. The fourth-order valence-electron chi connectivity index (χ4n) is 6.94. The number of nitrogens with two attached hydrogens (primary N) is 4. The first-order chi connectivity index (χ1) is 25.6. The smallest absolute Gasteiger partial charge is 0.245 e. The van der Waals surface area contributed by atoms with Gasteiger partial charge in [-0.05, 0) is 98.8 Å². The number of hydrazone groups is 1. The van der Waals surface area contributed by atoms with Crippen LogP contribution in [-0.2, 0) is 27.5 Å². The third kappa shape index (κ3) is 9.84. The second-order valence-electron chi connectivity index (χ2n) is 13.7. The minimum atomic E-state index is -0.886. The molecule has 0 bridgehead atoms. The second-order valence-corrected chi connectivity index (χ2v) is 14.7. The van der Waals surface area contributed by atoms with Crippen molar-refractivity contribution in [2.45, 2.75) is 92.6 Å². The van der Waals surface area contributed by atoms with Crippen molar-refractivity contribution in [2.24, 2.45) is 34.1 Å². The van der Waals surface area contributed by atoms with E-state index >= 15 is 0 Å². The number of carbonyl (C=O) groups is 3. The van der Waals surface area contributed by atoms with Crippen LogP contribution < -0.4 is 44.3 Å². The number of fused-ring (bicyclic) bond motifs is 3. The van der Waals surface area contributed by atoms with E-state index < -0.39 is 18.1 Å². The first-order valence-electron chi connectivity index (χ1n) is 18.2. The second kappa shape index (κ2) is 18.9. The van der Waals surface area contributed by atoms with Gasteiger partial charge in [-0.25, -0.2) is 4.98 Å². The third-order valence-electron chi connectivity index (χ3n) is 9.97. The summed E-state index contributed by atoms with van der Waals surface area (Å²) < 4.78 is 0. The average molecular weight is 744 g/mol. The molecule has 0 fully saturated rings. The number of nitrogens with zero attached hydrogens (tertiary/aromatic N) is 3. The molecule has 1 aromatic heterocycles. The molecule has 2 aliphatic heterocycles. The lowest BCUT2D eigenvalue weighted by Gasteiger charge is -2.33. The summed E-state index contributed by atoms with van der Waals surface area (Å²) in [7, 11) is 1.64. The van der Waals surface area contributed by atoms with Gasteiger partial charge >= 0.3 is 0 Å². The monoisotopic (exact) mass is 743 g/mol. The Morgan fingerprint density at radius 2 is 1.77 bits per heavy atom. The fraction of sp³-hybridized carbons (Fsp3) is 0.447. The van der Waals surface area contributed by atoms with E-state index in [1.54, 1.807) is 13.2 Å². The maximum atomic E-state index is 14.5. The van der Waals surface area contributed by atoms with Crippen molar-refractivity contribution in [3.63, 3.8) is 0 Å². The van der Waals surface area contributed by atoms with E-state index in [9.17, 15) is 14.4 Å². The van der Waals surface area contributed by atoms with Crippen LogP contribution in [0.2, 0.25) is 0 Å². The number of hydrogen-bond donors (Lipinski definition) is 8. The zero-order chi connectivity index (χ0) is 37.9. The standard InChI is InChI=1S/C38H53N11O3S/c1-23-17-25(34(41)48-42)18-27-22-46-36(51)32(19-26-21-44-29-11-4-3-10-28(26)29)49(2)38(52)31(12-5-6-14-39)47-35(50)30(13-7-15-40)45-20-24-9-8-16-43-37(24)53-33(23)27/h3-4,8-11,16-18,21,28-32,44-45H,5-7,12-15,19-20,22,39-40,42H2,1-2H3,(H2,41,48)(H,46,51)(H,47,50). The molecule has 0 saturated heterocycles. The van der Waals surface area contributed by atoms with Gasteiger partial charge in [0, 0.05) is 49.1 Å². The summed E-state index contributed by atoms with van der Waals surface area (Å²) in [5.41, 5.74) is 22.0. The highest BCUT2D eigenvalue weighted by Gasteiger charge is 2.37. The van der Waals surface area contributed by atoms with E-state index in [4.69, 9.17) is 28.0 Å². The predicted octanol–water partition coefficient (Wildman–Crippen LogP) is 1.38. The minimum Gasteiger partial charge on any atom is -0.384 e. The van der Waals surface area contributed by atoms with Crippen LogP contribution in [0.3, 0.4) is 0 Å². The fourth-order valence-corrected chi connectivity index (χ4v) is 8.00. The van der Waals surface area contributed by atoms with Gasteiger partial charge in [-0.1, -0.05) is 42.1 Å². The Hall–Kier alpha value is -4.70. The number of benzene rings is 1. The Kier molecular flexibility index (Phi) is 14.1. The molecular formula is C38H53N11O3S. The van der Waals surface area contributed by atoms with Crippen LogP contribution in [0.1, 0.15) is 60.8 Å². The third-order valence-corrected chi connectivity index (χ3v) is 11.3. The van der Waals surface area contributed by atoms with E-state index in [2.05, 4.69) is 38.5 Å². The topological polar surface area (TPSA) is 232 Å². The van der Waals surface area contributed by atoms with Gasteiger partial charge in [0.15, 0.2) is 0 Å². The summed E-state index contributed by atoms with van der Waals surface area (Å²) in [6.45, 7) is 3.31. The summed E-state index contributed by atoms with van der Waals surface area (Å²) in [5.74, 6) is 4.78. The van der Waals surface area contributed by atoms with Gasteiger partial charge in [-0.2, -0.15) is 5.10 Å². The van der Waals surface area contributed by atoms with Gasteiger partial charge in [0.25, 0.3) is 0 Å². The lowest BCUT2D eigenvalue weighted by atomic mass is 9.87. The highest BCUT2D eigenvalue weighted by atomic mass is 32.2. The molecule has 3 aliphatic rings. The predicted molar refractivity (Wildman–Crippen MR) is 208 cm³/mol. The molecule has 14 nitrogen and oxygen atoms in total. The number of rotatable bonds is 10. The minimum absolute atomic E-state index is 0.0447. The van der Waals surface area contributed by atoms with Crippen LogP contribution in [0, 0.1) is 12.8 Å². The number of unbranched alkanes of at least 4 members (excludes halogenated alkanes) is 1. The molecule has 0 spiro atoms. The van der Waals surface area contributed by atoms with Crippen molar-refractivity contribution < 1.29 is 14.4 Å². The highest BCUT2D eigenvalue weighted by molar-refractivity contribution is 7.99. The number of amidine groups is 1. The average Bonchev–Trinajstić information content (AvgIpc) is 3.58. The Balaban J connectivity index is 1.58. The number of allylic oxidation sites excluding steroid dienone is 2. The first kappa shape index (κ1) is 39.5. The lowest BCUT2D eigenvalue weighted by Crippen LogP contribution is -2.56. The van der Waals surface area contributed by atoms with Gasteiger partial charge in [0.05, 0.1) is 12.1 Å². The molecule has 2 aromatic rings. The van der Waals surface area contributed by atoms with E-state index in [1.165, 1.54) is 16.7 Å². The van der Waals surface area contributed by atoms with Gasteiger partial charge in [-0.3, -0.25) is 14.4 Å². The van der Waals surface area contributed by atoms with Crippen molar-refractivity contribution in [3.05, 3.63) is 88.8 Å². The summed E-state index contributed by atoms with van der Waals surface area (Å²) in [5, 5.41) is 17.5. The number of aryl methyl sites for hydroxylation is 1. The van der Waals surface area contributed by atoms with E-state index in [0.717, 1.165) is 32.2 Å². The molecule has 3 amide bonds. The molecule has 53 heavy (non-hydrogen) atoms. The Morgan fingerprint density at radius 1 is 1.00 bits per heavy atom. The van der Waals surface area contributed by atoms with Crippen molar-refractivity contribution >= 4 is 35.3 Å². The number of likely N-dealkylation sites (N-methyl/N-ethyl adjacent to an activating group) is 1. The van der Waals surface area contributed by atoms with Gasteiger partial charge in [0.1, 0.15) is 22.9 Å². The van der Waals surface area contributed by atoms with Crippen LogP contribution in [0.4, 0.5) is 0 Å². The quantitative estimate of drug-likeness (QED) is 0.0570. The Labute approximate surface area is 315 Å². The molecule has 0 radical (unpaired) electrons. The zero-order valence-electron chi connectivity index (χ0n) is 30.5. The SMILES string of the molecule is Cc1cc(C(N)=NN)cc2c1Sc1ncccc1CNC(CCCN)C(=O)NC(CCCCN)C(=O)N(C)C(CC1=CNC3C=CC=CC13)C(=O)NC2. The molecule has 5 unspecified atom stereocenters. The normalized spacial score (nSPS) is 24.0. The van der Waals surface area contributed by atoms with Gasteiger partial charge in [0.2, 0.25) is 17.7 Å². The molecule has 5 atom stereocenters. The Morgan fingerprint density at radius 3 is 2.55 bits per heavy atom. The molecule has 1 aromatic carbocycles. The van der Waals surface area contributed by atoms with Gasteiger partial charge < -0.3 is 49.2 Å². The van der Waals surface area contributed by atoms with Crippen LogP contribution in [0.15, 0.2) is 81.6 Å². The van der Waals surface area contributed by atoms with Crippen LogP contribution in [0.25, 0.3) is 0 Å². The zero-order valence-corrected chi connectivity index (χ0v) is 31.3. The van der Waals surface area contributed by atoms with Gasteiger partial charge in [-0.15, -0.1) is 0 Å². The summed E-state index contributed by atoms with van der Waals surface area (Å²) in [6, 6.07) is 5.27. The molecule has 0 saturated carbocycles. The van der Waals surface area contributed by atoms with Crippen molar-refractivity contribution in [3.8, 4) is 0 Å². The van der Waals surface area contributed by atoms with E-state index in [0.29, 0.717) is 57.3 Å². The molecular weight excluding hydrogens is 691 g/mol. The number of hydrogen-bond acceptors (Lipinski definition) is 11. The highest BCUT2D eigenvalue weighted by Crippen LogP contribution is 2.35. The molecule has 15 heteroatoms. The van der Waals surface area contributed by atoms with Crippen molar-refractivity contribution in [1.82, 2.24) is 31.2 Å². The first-order valence-corrected chi connectivity index (χ1v) is 19.0.